The molecule has 1 aromatic heterocycles. The minimum Gasteiger partial charge on any atom is -0.368 e. The number of benzene rings is 1. The van der Waals surface area contributed by atoms with Gasteiger partial charge in [-0.1, -0.05) is 28.1 Å². The molecule has 0 spiro atoms. The van der Waals surface area contributed by atoms with E-state index in [1.165, 1.54) is 12.8 Å². The molecule has 1 aliphatic heterocycles. The second-order valence-corrected chi connectivity index (χ2v) is 8.14. The van der Waals surface area contributed by atoms with Crippen molar-refractivity contribution in [2.75, 3.05) is 19.6 Å². The third-order valence-electron chi connectivity index (χ3n) is 5.39. The van der Waals surface area contributed by atoms with Crippen molar-refractivity contribution in [1.29, 1.82) is 0 Å². The van der Waals surface area contributed by atoms with Gasteiger partial charge < -0.3 is 11.1 Å². The number of piperidine rings is 1. The smallest absolute Gasteiger partial charge is 0.242 e. The number of aromatic nitrogens is 1. The summed E-state index contributed by atoms with van der Waals surface area (Å²) in [7, 11) is 0. The highest BCUT2D eigenvalue weighted by atomic mass is 79.9. The third-order valence-corrected chi connectivity index (χ3v) is 5.89. The summed E-state index contributed by atoms with van der Waals surface area (Å²) in [5, 5.41) is 6.93. The van der Waals surface area contributed by atoms with Gasteiger partial charge in [-0.05, 0) is 80.2 Å². The first-order valence-corrected chi connectivity index (χ1v) is 10.3. The van der Waals surface area contributed by atoms with Crippen molar-refractivity contribution in [2.24, 2.45) is 11.7 Å². The van der Waals surface area contributed by atoms with Crippen LogP contribution in [0.3, 0.4) is 0 Å². The average Bonchev–Trinajstić information content (AvgIpc) is 2.68. The highest BCUT2D eigenvalue weighted by Crippen LogP contribution is 2.29. The lowest BCUT2D eigenvalue weighted by Gasteiger charge is -2.34. The quantitative estimate of drug-likeness (QED) is 0.601. The molecule has 0 bridgehead atoms. The molecular formula is C21H27BrN4O. The Morgan fingerprint density at radius 3 is 2.67 bits per heavy atom. The molecular weight excluding hydrogens is 404 g/mol. The van der Waals surface area contributed by atoms with Crippen molar-refractivity contribution in [3.05, 3.63) is 64.4 Å². The van der Waals surface area contributed by atoms with Gasteiger partial charge in [0.25, 0.3) is 0 Å². The molecule has 1 aromatic carbocycles. The van der Waals surface area contributed by atoms with Crippen molar-refractivity contribution in [1.82, 2.24) is 15.6 Å². The van der Waals surface area contributed by atoms with Crippen molar-refractivity contribution in [3.8, 4) is 0 Å². The zero-order valence-corrected chi connectivity index (χ0v) is 17.0. The summed E-state index contributed by atoms with van der Waals surface area (Å²) in [6, 6.07) is 11.7. The Labute approximate surface area is 169 Å². The van der Waals surface area contributed by atoms with Crippen molar-refractivity contribution >= 4 is 21.8 Å². The Hall–Kier alpha value is -1.76. The molecule has 1 fully saturated rings. The maximum absolute atomic E-state index is 12.7. The van der Waals surface area contributed by atoms with Gasteiger partial charge in [0.15, 0.2) is 0 Å². The van der Waals surface area contributed by atoms with Crippen LogP contribution in [-0.2, 0) is 16.8 Å². The van der Waals surface area contributed by atoms with Gasteiger partial charge in [0.2, 0.25) is 5.91 Å². The fourth-order valence-corrected chi connectivity index (χ4v) is 4.20. The molecule has 0 aliphatic carbocycles. The first kappa shape index (κ1) is 20.0. The largest absolute Gasteiger partial charge is 0.368 e. The maximum Gasteiger partial charge on any atom is 0.242 e. The number of hydrogen-bond acceptors (Lipinski definition) is 4. The number of primary amides is 1. The van der Waals surface area contributed by atoms with E-state index in [0.717, 1.165) is 41.7 Å². The second-order valence-electron chi connectivity index (χ2n) is 7.22. The Balaban J connectivity index is 1.84. The van der Waals surface area contributed by atoms with Gasteiger partial charge in [-0.2, -0.15) is 0 Å². The molecule has 2 heterocycles. The van der Waals surface area contributed by atoms with Crippen LogP contribution in [0, 0.1) is 5.92 Å². The normalized spacial score (nSPS) is 17.4. The standard InChI is InChI=1S/C21H27BrN4O/c22-19-3-1-2-18(14-19)21(20(23)27,15-17-6-11-25-12-7-17)26-13-8-16-4-9-24-10-5-16/h1-3,6-7,11-12,14,16,24,26H,4-5,8-10,13,15H2,(H2,23,27). The highest BCUT2D eigenvalue weighted by molar-refractivity contribution is 9.10. The van der Waals surface area contributed by atoms with Crippen LogP contribution in [-0.4, -0.2) is 30.5 Å². The number of amides is 1. The summed E-state index contributed by atoms with van der Waals surface area (Å²) in [6.07, 6.45) is 7.40. The lowest BCUT2D eigenvalue weighted by molar-refractivity contribution is -0.124. The zero-order chi connectivity index (χ0) is 19.1. The van der Waals surface area contributed by atoms with E-state index in [2.05, 4.69) is 31.5 Å². The molecule has 3 rings (SSSR count). The van der Waals surface area contributed by atoms with Crippen LogP contribution >= 0.6 is 15.9 Å². The number of nitrogens with two attached hydrogens (primary N) is 1. The van der Waals surface area contributed by atoms with Crippen LogP contribution in [0.4, 0.5) is 0 Å². The first-order valence-electron chi connectivity index (χ1n) is 9.51. The molecule has 1 aliphatic rings. The second kappa shape index (κ2) is 9.44. The topological polar surface area (TPSA) is 80.0 Å². The van der Waals surface area contributed by atoms with E-state index in [4.69, 9.17) is 5.73 Å². The van der Waals surface area contributed by atoms with Gasteiger partial charge in [-0.15, -0.1) is 0 Å². The minimum atomic E-state index is -0.946. The fraction of sp³-hybridized carbons (Fsp3) is 0.429. The highest BCUT2D eigenvalue weighted by Gasteiger charge is 2.38. The van der Waals surface area contributed by atoms with Crippen LogP contribution in [0.25, 0.3) is 0 Å². The average molecular weight is 431 g/mol. The SMILES string of the molecule is NC(=O)C(Cc1ccncc1)(NCCC1CCNCC1)c1cccc(Br)c1. The van der Waals surface area contributed by atoms with Gasteiger partial charge >= 0.3 is 0 Å². The van der Waals surface area contributed by atoms with Gasteiger partial charge in [0.05, 0.1) is 0 Å². The summed E-state index contributed by atoms with van der Waals surface area (Å²) in [5.41, 5.74) is 6.94. The van der Waals surface area contributed by atoms with E-state index in [1.807, 2.05) is 36.4 Å². The molecule has 27 heavy (non-hydrogen) atoms. The Kier molecular flexibility index (Phi) is 6.99. The van der Waals surface area contributed by atoms with Crippen LogP contribution in [0.15, 0.2) is 53.3 Å². The summed E-state index contributed by atoms with van der Waals surface area (Å²) in [6.45, 7) is 2.91. The first-order chi connectivity index (χ1) is 13.1. The molecule has 1 unspecified atom stereocenters. The number of carbonyl (C=O) groups is 1. The van der Waals surface area contributed by atoms with E-state index >= 15 is 0 Å². The number of carbonyl (C=O) groups excluding carboxylic acids is 1. The predicted molar refractivity (Wildman–Crippen MR) is 111 cm³/mol. The molecule has 1 amide bonds. The Morgan fingerprint density at radius 1 is 1.26 bits per heavy atom. The number of nitrogens with one attached hydrogen (secondary N) is 2. The third kappa shape index (κ3) is 5.15. The summed E-state index contributed by atoms with van der Waals surface area (Å²) in [4.78, 5) is 16.8. The van der Waals surface area contributed by atoms with Crippen LogP contribution in [0.1, 0.15) is 30.4 Å². The van der Waals surface area contributed by atoms with Gasteiger partial charge in [0, 0.05) is 23.3 Å². The number of hydrogen-bond donors (Lipinski definition) is 3. The molecule has 0 radical (unpaired) electrons. The molecule has 0 saturated carbocycles. The van der Waals surface area contributed by atoms with E-state index in [9.17, 15) is 4.79 Å². The van der Waals surface area contributed by atoms with E-state index in [0.29, 0.717) is 12.3 Å². The minimum absolute atomic E-state index is 0.359. The summed E-state index contributed by atoms with van der Waals surface area (Å²) < 4.78 is 0.931. The molecule has 144 valence electrons. The number of nitrogens with zero attached hydrogens (tertiary/aromatic N) is 1. The van der Waals surface area contributed by atoms with Gasteiger partial charge in [-0.25, -0.2) is 0 Å². The molecule has 2 aromatic rings. The monoisotopic (exact) mass is 430 g/mol. The Bertz CT molecular complexity index is 749. The van der Waals surface area contributed by atoms with Crippen molar-refractivity contribution in [3.63, 3.8) is 0 Å². The Morgan fingerprint density at radius 2 is 2.00 bits per heavy atom. The maximum atomic E-state index is 12.7. The summed E-state index contributed by atoms with van der Waals surface area (Å²) in [5.74, 6) is 0.329. The molecule has 1 saturated heterocycles. The van der Waals surface area contributed by atoms with Crippen LogP contribution in [0.5, 0.6) is 0 Å². The van der Waals surface area contributed by atoms with Crippen molar-refractivity contribution in [2.45, 2.75) is 31.2 Å². The lowest BCUT2D eigenvalue weighted by Crippen LogP contribution is -2.54. The van der Waals surface area contributed by atoms with Gasteiger partial charge in [-0.3, -0.25) is 15.1 Å². The zero-order valence-electron chi connectivity index (χ0n) is 15.5. The van der Waals surface area contributed by atoms with Crippen LogP contribution < -0.4 is 16.4 Å². The van der Waals surface area contributed by atoms with E-state index in [-0.39, 0.29) is 5.91 Å². The molecule has 5 nitrogen and oxygen atoms in total. The number of halogens is 1. The number of rotatable bonds is 8. The van der Waals surface area contributed by atoms with Crippen LogP contribution in [0.2, 0.25) is 0 Å². The van der Waals surface area contributed by atoms with E-state index in [1.54, 1.807) is 12.4 Å². The predicted octanol–water partition coefficient (Wildman–Crippen LogP) is 2.75. The van der Waals surface area contributed by atoms with Gasteiger partial charge in [0.1, 0.15) is 5.54 Å². The summed E-state index contributed by atoms with van der Waals surface area (Å²) >= 11 is 3.52. The fourth-order valence-electron chi connectivity index (χ4n) is 3.80. The molecule has 1 atom stereocenters. The van der Waals surface area contributed by atoms with E-state index < -0.39 is 5.54 Å². The number of pyridine rings is 1. The lowest BCUT2D eigenvalue weighted by atomic mass is 9.82. The van der Waals surface area contributed by atoms with Crippen molar-refractivity contribution < 1.29 is 4.79 Å². The molecule has 4 N–H and O–H groups in total. The molecule has 6 heteroatoms.